The summed E-state index contributed by atoms with van der Waals surface area (Å²) in [5, 5.41) is 17.4. The van der Waals surface area contributed by atoms with Crippen molar-refractivity contribution < 1.29 is 9.90 Å². The number of carboxylic acids is 1. The van der Waals surface area contributed by atoms with Gasteiger partial charge in [-0.05, 0) is 31.1 Å². The number of hydrogen-bond acceptors (Lipinski definition) is 2. The van der Waals surface area contributed by atoms with E-state index in [-0.39, 0.29) is 11.8 Å². The third-order valence-corrected chi connectivity index (χ3v) is 2.84. The average molecular weight is 211 g/mol. The molecule has 0 aromatic heterocycles. The van der Waals surface area contributed by atoms with Crippen molar-refractivity contribution in [2.24, 2.45) is 17.8 Å². The lowest BCUT2D eigenvalue weighted by atomic mass is 9.87. The van der Waals surface area contributed by atoms with Crippen LogP contribution in [0.4, 0.5) is 0 Å². The van der Waals surface area contributed by atoms with Crippen LogP contribution >= 0.6 is 0 Å². The first-order chi connectivity index (χ1) is 6.99. The zero-order chi connectivity index (χ0) is 11.8. The molecule has 0 aliphatic rings. The molecule has 0 aromatic carbocycles. The fraction of sp³-hybridized carbons (Fsp3) is 0.833. The number of carboxylic acid groups (broad SMARTS) is 1. The molecule has 0 heterocycles. The van der Waals surface area contributed by atoms with Gasteiger partial charge in [0.25, 0.3) is 0 Å². The monoisotopic (exact) mass is 211 g/mol. The normalized spacial score (nSPS) is 14.6. The van der Waals surface area contributed by atoms with Gasteiger partial charge in [-0.15, -0.1) is 0 Å². The third-order valence-electron chi connectivity index (χ3n) is 2.84. The fourth-order valence-electron chi connectivity index (χ4n) is 1.66. The second-order valence-electron chi connectivity index (χ2n) is 4.57. The van der Waals surface area contributed by atoms with Gasteiger partial charge in [0.1, 0.15) is 0 Å². The lowest BCUT2D eigenvalue weighted by Crippen LogP contribution is -2.20. The van der Waals surface area contributed by atoms with E-state index in [1.165, 1.54) is 0 Å². The van der Waals surface area contributed by atoms with E-state index < -0.39 is 5.97 Å². The number of hydrogen-bond donors (Lipinski definition) is 1. The van der Waals surface area contributed by atoms with E-state index in [4.69, 9.17) is 10.4 Å². The second-order valence-corrected chi connectivity index (χ2v) is 4.57. The Hall–Kier alpha value is -1.04. The molecule has 15 heavy (non-hydrogen) atoms. The first kappa shape index (κ1) is 14.0. The van der Waals surface area contributed by atoms with Gasteiger partial charge in [0.05, 0.1) is 12.0 Å². The smallest absolute Gasteiger partial charge is 0.306 e. The van der Waals surface area contributed by atoms with Gasteiger partial charge < -0.3 is 5.11 Å². The molecule has 0 aliphatic carbocycles. The van der Waals surface area contributed by atoms with Crippen molar-refractivity contribution in [1.82, 2.24) is 0 Å². The molecule has 0 spiro atoms. The molecule has 0 rings (SSSR count). The molecular weight excluding hydrogens is 190 g/mol. The van der Waals surface area contributed by atoms with Crippen LogP contribution in [0.2, 0.25) is 0 Å². The Kier molecular flexibility index (Phi) is 6.77. The molecule has 1 N–H and O–H groups in total. The predicted molar refractivity (Wildman–Crippen MR) is 59.2 cm³/mol. The number of rotatable bonds is 7. The molecular formula is C12H21NO2. The summed E-state index contributed by atoms with van der Waals surface area (Å²) >= 11 is 0. The van der Waals surface area contributed by atoms with Crippen LogP contribution in [0.25, 0.3) is 0 Å². The van der Waals surface area contributed by atoms with Gasteiger partial charge in [0.15, 0.2) is 0 Å². The van der Waals surface area contributed by atoms with Crippen molar-refractivity contribution in [1.29, 1.82) is 5.26 Å². The summed E-state index contributed by atoms with van der Waals surface area (Å²) in [4.78, 5) is 10.9. The molecule has 0 aromatic rings. The minimum Gasteiger partial charge on any atom is -0.481 e. The maximum Gasteiger partial charge on any atom is 0.306 e. The fourth-order valence-corrected chi connectivity index (χ4v) is 1.66. The zero-order valence-corrected chi connectivity index (χ0v) is 9.86. The number of carbonyl (C=O) groups is 1. The van der Waals surface area contributed by atoms with Gasteiger partial charge in [0, 0.05) is 6.42 Å². The quantitative estimate of drug-likeness (QED) is 0.704. The SMILES string of the molecule is CC(CCC#N)CCC(C(=O)O)C(C)C. The van der Waals surface area contributed by atoms with E-state index in [0.717, 1.165) is 19.3 Å². The van der Waals surface area contributed by atoms with Crippen LogP contribution in [0.1, 0.15) is 46.5 Å². The summed E-state index contributed by atoms with van der Waals surface area (Å²) in [7, 11) is 0. The summed E-state index contributed by atoms with van der Waals surface area (Å²) in [6, 6.07) is 2.12. The highest BCUT2D eigenvalue weighted by Crippen LogP contribution is 2.22. The van der Waals surface area contributed by atoms with Gasteiger partial charge in [-0.1, -0.05) is 20.8 Å². The Bertz CT molecular complexity index is 230. The average Bonchev–Trinajstić information content (AvgIpc) is 2.13. The van der Waals surface area contributed by atoms with Crippen LogP contribution in [0.15, 0.2) is 0 Å². The Morgan fingerprint density at radius 2 is 1.87 bits per heavy atom. The lowest BCUT2D eigenvalue weighted by Gasteiger charge is -2.18. The predicted octanol–water partition coefficient (Wildman–Crippen LogP) is 3.06. The Labute approximate surface area is 92.1 Å². The third kappa shape index (κ3) is 6.11. The number of nitriles is 1. The summed E-state index contributed by atoms with van der Waals surface area (Å²) in [6.07, 6.45) is 3.07. The molecule has 0 fully saturated rings. The molecule has 86 valence electrons. The zero-order valence-electron chi connectivity index (χ0n) is 9.86. The first-order valence-corrected chi connectivity index (χ1v) is 5.58. The van der Waals surface area contributed by atoms with Gasteiger partial charge in [-0.2, -0.15) is 5.26 Å². The summed E-state index contributed by atoms with van der Waals surface area (Å²) in [5.41, 5.74) is 0. The molecule has 0 bridgehead atoms. The van der Waals surface area contributed by atoms with Gasteiger partial charge in [-0.25, -0.2) is 0 Å². The van der Waals surface area contributed by atoms with E-state index in [9.17, 15) is 4.79 Å². The molecule has 3 heteroatoms. The van der Waals surface area contributed by atoms with E-state index in [1.807, 2.05) is 13.8 Å². The highest BCUT2D eigenvalue weighted by molar-refractivity contribution is 5.70. The Morgan fingerprint density at radius 3 is 2.27 bits per heavy atom. The summed E-state index contributed by atoms with van der Waals surface area (Å²) < 4.78 is 0. The minimum atomic E-state index is -0.697. The highest BCUT2D eigenvalue weighted by atomic mass is 16.4. The maximum absolute atomic E-state index is 10.9. The van der Waals surface area contributed by atoms with Crippen molar-refractivity contribution in [3.63, 3.8) is 0 Å². The van der Waals surface area contributed by atoms with E-state index in [0.29, 0.717) is 12.3 Å². The van der Waals surface area contributed by atoms with Crippen LogP contribution in [-0.2, 0) is 4.79 Å². The molecule has 3 nitrogen and oxygen atoms in total. The van der Waals surface area contributed by atoms with Crippen LogP contribution in [0, 0.1) is 29.1 Å². The molecule has 0 amide bonds. The van der Waals surface area contributed by atoms with Crippen molar-refractivity contribution in [2.45, 2.75) is 46.5 Å². The Morgan fingerprint density at radius 1 is 1.27 bits per heavy atom. The van der Waals surface area contributed by atoms with Gasteiger partial charge in [-0.3, -0.25) is 4.79 Å². The van der Waals surface area contributed by atoms with Crippen molar-refractivity contribution in [3.8, 4) is 6.07 Å². The van der Waals surface area contributed by atoms with Gasteiger partial charge in [0.2, 0.25) is 0 Å². The van der Waals surface area contributed by atoms with Crippen LogP contribution in [0.3, 0.4) is 0 Å². The topological polar surface area (TPSA) is 61.1 Å². The largest absolute Gasteiger partial charge is 0.481 e. The standard InChI is InChI=1S/C12H21NO2/c1-9(2)11(12(14)15)7-6-10(3)5-4-8-13/h9-11H,4-7H2,1-3H3,(H,14,15). The molecule has 0 radical (unpaired) electrons. The molecule has 0 saturated heterocycles. The number of nitrogens with zero attached hydrogens (tertiary/aromatic N) is 1. The van der Waals surface area contributed by atoms with E-state index in [1.54, 1.807) is 0 Å². The molecule has 0 saturated carbocycles. The lowest BCUT2D eigenvalue weighted by molar-refractivity contribution is -0.143. The molecule has 2 atom stereocenters. The van der Waals surface area contributed by atoms with Gasteiger partial charge >= 0.3 is 5.97 Å². The molecule has 0 aliphatic heterocycles. The highest BCUT2D eigenvalue weighted by Gasteiger charge is 2.21. The summed E-state index contributed by atoms with van der Waals surface area (Å²) in [6.45, 7) is 5.97. The van der Waals surface area contributed by atoms with Crippen molar-refractivity contribution in [3.05, 3.63) is 0 Å². The van der Waals surface area contributed by atoms with Crippen LogP contribution < -0.4 is 0 Å². The first-order valence-electron chi connectivity index (χ1n) is 5.58. The van der Waals surface area contributed by atoms with E-state index in [2.05, 4.69) is 13.0 Å². The minimum absolute atomic E-state index is 0.186. The van der Waals surface area contributed by atoms with Crippen LogP contribution in [-0.4, -0.2) is 11.1 Å². The Balaban J connectivity index is 3.90. The number of aliphatic carboxylic acids is 1. The maximum atomic E-state index is 10.9. The second kappa shape index (κ2) is 7.28. The van der Waals surface area contributed by atoms with Crippen molar-refractivity contribution >= 4 is 5.97 Å². The molecule has 2 unspecified atom stereocenters. The van der Waals surface area contributed by atoms with Crippen LogP contribution in [0.5, 0.6) is 0 Å². The van der Waals surface area contributed by atoms with E-state index >= 15 is 0 Å². The summed E-state index contributed by atoms with van der Waals surface area (Å²) in [5.74, 6) is -0.303. The van der Waals surface area contributed by atoms with Crippen molar-refractivity contribution in [2.75, 3.05) is 0 Å².